The summed E-state index contributed by atoms with van der Waals surface area (Å²) in [5, 5.41) is 0. The van der Waals surface area contributed by atoms with Crippen LogP contribution in [0.2, 0.25) is 0 Å². The van der Waals surface area contributed by atoms with Gasteiger partial charge in [0.05, 0.1) is 10.5 Å². The van der Waals surface area contributed by atoms with E-state index >= 15 is 0 Å². The van der Waals surface area contributed by atoms with Crippen LogP contribution in [0.3, 0.4) is 0 Å². The summed E-state index contributed by atoms with van der Waals surface area (Å²) < 4.78 is 41.0. The lowest BCUT2D eigenvalue weighted by atomic mass is 10.2. The van der Waals surface area contributed by atoms with E-state index in [-0.39, 0.29) is 17.3 Å². The maximum absolute atomic E-state index is 13.9. The van der Waals surface area contributed by atoms with Crippen molar-refractivity contribution in [3.8, 4) is 0 Å². The number of nitrogens with zero attached hydrogens (tertiary/aromatic N) is 2. The Morgan fingerprint density at radius 3 is 2.50 bits per heavy atom. The van der Waals surface area contributed by atoms with Gasteiger partial charge in [-0.05, 0) is 43.4 Å². The minimum Gasteiger partial charge on any atom is -0.339 e. The smallest absolute Gasteiger partial charge is 0.255 e. The Hall–Kier alpha value is -1.90. The monoisotopic (exact) mass is 422 g/mol. The highest BCUT2D eigenvalue weighted by molar-refractivity contribution is 7.98. The van der Waals surface area contributed by atoms with Gasteiger partial charge in [-0.25, -0.2) is 12.8 Å². The quantitative estimate of drug-likeness (QED) is 0.668. The summed E-state index contributed by atoms with van der Waals surface area (Å²) in [6, 6.07) is 10.7. The fourth-order valence-corrected chi connectivity index (χ4v) is 4.98. The second-order valence-electron chi connectivity index (χ2n) is 6.71. The van der Waals surface area contributed by atoms with Gasteiger partial charge in [0.15, 0.2) is 0 Å². The number of halogens is 1. The van der Waals surface area contributed by atoms with Crippen LogP contribution in [0.25, 0.3) is 0 Å². The molecule has 1 aliphatic rings. The minimum absolute atomic E-state index is 0.0340. The Balaban J connectivity index is 1.92. The van der Waals surface area contributed by atoms with Gasteiger partial charge in [-0.2, -0.15) is 4.31 Å². The molecule has 8 heteroatoms. The largest absolute Gasteiger partial charge is 0.339 e. The minimum atomic E-state index is -3.87. The standard InChI is InChI=1S/C20H23FN2O3S2/c1-22(14-15-7-3-4-8-18(15)21)28(25,26)16-9-10-19(27-2)17(13-16)20(24)23-11-5-6-12-23/h3-4,7-10,13H,5-6,11-12,14H2,1-2H3. The third-order valence-corrected chi connectivity index (χ3v) is 7.45. The van der Waals surface area contributed by atoms with E-state index in [1.54, 1.807) is 29.2 Å². The molecule has 0 spiro atoms. The van der Waals surface area contributed by atoms with Crippen molar-refractivity contribution in [1.82, 2.24) is 9.21 Å². The Morgan fingerprint density at radius 2 is 1.86 bits per heavy atom. The molecule has 1 aliphatic heterocycles. The van der Waals surface area contributed by atoms with Gasteiger partial charge >= 0.3 is 0 Å². The Kier molecular flexibility index (Phi) is 6.42. The zero-order chi connectivity index (χ0) is 20.3. The van der Waals surface area contributed by atoms with E-state index in [0.29, 0.717) is 24.2 Å². The van der Waals surface area contributed by atoms with Crippen LogP contribution in [0.15, 0.2) is 52.3 Å². The summed E-state index contributed by atoms with van der Waals surface area (Å²) in [5.41, 5.74) is 0.692. The first kappa shape index (κ1) is 20.8. The summed E-state index contributed by atoms with van der Waals surface area (Å²) in [7, 11) is -2.46. The van der Waals surface area contributed by atoms with Gasteiger partial charge in [-0.3, -0.25) is 4.79 Å². The fourth-order valence-electron chi connectivity index (χ4n) is 3.24. The van der Waals surface area contributed by atoms with Gasteiger partial charge in [0.2, 0.25) is 10.0 Å². The van der Waals surface area contributed by atoms with Crippen molar-refractivity contribution < 1.29 is 17.6 Å². The van der Waals surface area contributed by atoms with Crippen LogP contribution in [-0.4, -0.2) is 49.9 Å². The second kappa shape index (κ2) is 8.63. The molecule has 0 unspecified atom stereocenters. The predicted molar refractivity (Wildman–Crippen MR) is 108 cm³/mol. The number of carbonyl (C=O) groups excluding carboxylic acids is 1. The van der Waals surface area contributed by atoms with Crippen molar-refractivity contribution in [2.24, 2.45) is 0 Å². The average Bonchev–Trinajstić information content (AvgIpc) is 3.23. The summed E-state index contributed by atoms with van der Waals surface area (Å²) in [4.78, 5) is 15.4. The number of benzene rings is 2. The molecule has 1 amide bonds. The van der Waals surface area contributed by atoms with Crippen molar-refractivity contribution in [2.45, 2.75) is 29.2 Å². The lowest BCUT2D eigenvalue weighted by Crippen LogP contribution is -2.29. The van der Waals surface area contributed by atoms with E-state index in [4.69, 9.17) is 0 Å². The SMILES string of the molecule is CSc1ccc(S(=O)(=O)N(C)Cc2ccccc2F)cc1C(=O)N1CCCC1. The molecule has 0 aliphatic carbocycles. The topological polar surface area (TPSA) is 57.7 Å². The maximum atomic E-state index is 13.9. The molecular formula is C20H23FN2O3S2. The van der Waals surface area contributed by atoms with Crippen LogP contribution in [0.5, 0.6) is 0 Å². The number of hydrogen-bond donors (Lipinski definition) is 0. The van der Waals surface area contributed by atoms with Crippen molar-refractivity contribution in [3.05, 3.63) is 59.4 Å². The molecule has 3 rings (SSSR count). The normalized spacial score (nSPS) is 14.6. The molecule has 0 radical (unpaired) electrons. The Bertz CT molecular complexity index is 973. The van der Waals surface area contributed by atoms with Gasteiger partial charge < -0.3 is 4.90 Å². The van der Waals surface area contributed by atoms with Crippen molar-refractivity contribution in [2.75, 3.05) is 26.4 Å². The highest BCUT2D eigenvalue weighted by Gasteiger charge is 2.27. The first-order valence-electron chi connectivity index (χ1n) is 9.01. The molecule has 2 aromatic carbocycles. The first-order valence-corrected chi connectivity index (χ1v) is 11.7. The van der Waals surface area contributed by atoms with Crippen molar-refractivity contribution >= 4 is 27.7 Å². The number of thioether (sulfide) groups is 1. The van der Waals surface area contributed by atoms with Crippen LogP contribution in [0, 0.1) is 5.82 Å². The summed E-state index contributed by atoms with van der Waals surface area (Å²) in [6.07, 6.45) is 3.78. The molecule has 5 nitrogen and oxygen atoms in total. The number of rotatable bonds is 6. The van der Waals surface area contributed by atoms with Crippen LogP contribution in [-0.2, 0) is 16.6 Å². The zero-order valence-corrected chi connectivity index (χ0v) is 17.5. The van der Waals surface area contributed by atoms with E-state index in [9.17, 15) is 17.6 Å². The number of hydrogen-bond acceptors (Lipinski definition) is 4. The highest BCUT2D eigenvalue weighted by Crippen LogP contribution is 2.28. The maximum Gasteiger partial charge on any atom is 0.255 e. The lowest BCUT2D eigenvalue weighted by Gasteiger charge is -2.20. The average molecular weight is 423 g/mol. The van der Waals surface area contributed by atoms with Crippen LogP contribution >= 0.6 is 11.8 Å². The molecule has 0 atom stereocenters. The van der Waals surface area contributed by atoms with E-state index in [1.807, 2.05) is 6.26 Å². The summed E-state index contributed by atoms with van der Waals surface area (Å²) >= 11 is 1.41. The van der Waals surface area contributed by atoms with E-state index < -0.39 is 15.8 Å². The van der Waals surface area contributed by atoms with Gasteiger partial charge in [-0.1, -0.05) is 18.2 Å². The third-order valence-electron chi connectivity index (χ3n) is 4.85. The van der Waals surface area contributed by atoms with Gasteiger partial charge in [-0.15, -0.1) is 11.8 Å². The summed E-state index contributed by atoms with van der Waals surface area (Å²) in [6.45, 7) is 1.29. The molecule has 0 N–H and O–H groups in total. The molecular weight excluding hydrogens is 399 g/mol. The van der Waals surface area contributed by atoms with Crippen molar-refractivity contribution in [3.63, 3.8) is 0 Å². The number of carbonyl (C=O) groups is 1. The zero-order valence-electron chi connectivity index (χ0n) is 15.9. The lowest BCUT2D eigenvalue weighted by molar-refractivity contribution is 0.0789. The predicted octanol–water partition coefficient (Wildman–Crippen LogP) is 3.60. The molecule has 0 aromatic heterocycles. The highest BCUT2D eigenvalue weighted by atomic mass is 32.2. The van der Waals surface area contributed by atoms with Crippen LogP contribution in [0.4, 0.5) is 4.39 Å². The molecule has 1 heterocycles. The molecule has 0 saturated carbocycles. The molecule has 2 aromatic rings. The van der Waals surface area contributed by atoms with Gasteiger partial charge in [0.25, 0.3) is 5.91 Å². The molecule has 0 bridgehead atoms. The van der Waals surface area contributed by atoms with E-state index in [2.05, 4.69) is 0 Å². The number of sulfonamides is 1. The third kappa shape index (κ3) is 4.24. The number of likely N-dealkylation sites (tertiary alicyclic amines) is 1. The molecule has 28 heavy (non-hydrogen) atoms. The van der Waals surface area contributed by atoms with Gasteiger partial charge in [0.1, 0.15) is 5.82 Å². The van der Waals surface area contributed by atoms with E-state index in [1.165, 1.54) is 37.0 Å². The van der Waals surface area contributed by atoms with Gasteiger partial charge in [0, 0.05) is 37.1 Å². The van der Waals surface area contributed by atoms with E-state index in [0.717, 1.165) is 22.0 Å². The Morgan fingerprint density at radius 1 is 1.18 bits per heavy atom. The molecule has 1 saturated heterocycles. The first-order chi connectivity index (χ1) is 13.3. The summed E-state index contributed by atoms with van der Waals surface area (Å²) in [5.74, 6) is -0.595. The fraction of sp³-hybridized carbons (Fsp3) is 0.350. The molecule has 1 fully saturated rings. The molecule has 150 valence electrons. The second-order valence-corrected chi connectivity index (χ2v) is 9.61. The van der Waals surface area contributed by atoms with Crippen LogP contribution in [0.1, 0.15) is 28.8 Å². The Labute approximate surface area is 169 Å². The van der Waals surface area contributed by atoms with Crippen molar-refractivity contribution in [1.29, 1.82) is 0 Å². The number of amides is 1. The van der Waals surface area contributed by atoms with Crippen LogP contribution < -0.4 is 0 Å².